The van der Waals surface area contributed by atoms with Gasteiger partial charge in [-0.2, -0.15) is 0 Å². The Morgan fingerprint density at radius 3 is 2.67 bits per heavy atom. The zero-order chi connectivity index (χ0) is 21.1. The van der Waals surface area contributed by atoms with Crippen LogP contribution in [0.1, 0.15) is 15.9 Å². The van der Waals surface area contributed by atoms with Gasteiger partial charge in [-0.05, 0) is 61.0 Å². The number of thiazole rings is 1. The van der Waals surface area contributed by atoms with Gasteiger partial charge in [0.05, 0.1) is 5.69 Å². The second kappa shape index (κ2) is 9.00. The van der Waals surface area contributed by atoms with Crippen molar-refractivity contribution in [3.63, 3.8) is 0 Å². The maximum atomic E-state index is 12.5. The van der Waals surface area contributed by atoms with Gasteiger partial charge in [0.1, 0.15) is 0 Å². The summed E-state index contributed by atoms with van der Waals surface area (Å²) < 4.78 is 0.932. The van der Waals surface area contributed by atoms with E-state index in [9.17, 15) is 4.79 Å². The van der Waals surface area contributed by atoms with Crippen LogP contribution in [0, 0.1) is 6.92 Å². The number of nitrogens with one attached hydrogen (secondary N) is 2. The first kappa shape index (κ1) is 20.6. The lowest BCUT2D eigenvalue weighted by molar-refractivity contribution is 0.102. The van der Waals surface area contributed by atoms with Gasteiger partial charge in [-0.3, -0.25) is 4.79 Å². The first-order valence-corrected chi connectivity index (χ1v) is 11.2. The van der Waals surface area contributed by atoms with E-state index in [4.69, 9.17) is 11.6 Å². The zero-order valence-corrected chi connectivity index (χ0v) is 19.1. The largest absolute Gasteiger partial charge is 0.331 e. The number of halogens is 2. The van der Waals surface area contributed by atoms with E-state index in [0.29, 0.717) is 16.3 Å². The van der Waals surface area contributed by atoms with Gasteiger partial charge in [0.25, 0.3) is 5.91 Å². The molecule has 0 aliphatic rings. The fourth-order valence-corrected chi connectivity index (χ4v) is 4.04. The molecule has 1 heterocycles. The van der Waals surface area contributed by atoms with Gasteiger partial charge in [-0.25, -0.2) is 4.98 Å². The van der Waals surface area contributed by atoms with Crippen LogP contribution in [0.2, 0.25) is 5.02 Å². The van der Waals surface area contributed by atoms with E-state index >= 15 is 0 Å². The molecule has 1 amide bonds. The van der Waals surface area contributed by atoms with Gasteiger partial charge in [-0.15, -0.1) is 11.3 Å². The Bertz CT molecular complexity index is 1210. The van der Waals surface area contributed by atoms with Crippen LogP contribution in [-0.4, -0.2) is 10.9 Å². The van der Waals surface area contributed by atoms with Crippen molar-refractivity contribution < 1.29 is 4.79 Å². The molecule has 0 atom stereocenters. The van der Waals surface area contributed by atoms with Gasteiger partial charge in [0.2, 0.25) is 0 Å². The highest BCUT2D eigenvalue weighted by atomic mass is 79.9. The predicted molar refractivity (Wildman–Crippen MR) is 129 cm³/mol. The van der Waals surface area contributed by atoms with Crippen LogP contribution in [0.5, 0.6) is 0 Å². The minimum Gasteiger partial charge on any atom is -0.331 e. The maximum absolute atomic E-state index is 12.5. The molecule has 4 nitrogen and oxygen atoms in total. The number of anilines is 3. The van der Waals surface area contributed by atoms with Gasteiger partial charge in [0, 0.05) is 37.4 Å². The molecule has 7 heteroatoms. The van der Waals surface area contributed by atoms with Crippen LogP contribution >= 0.6 is 38.9 Å². The summed E-state index contributed by atoms with van der Waals surface area (Å²) in [5, 5.41) is 9.70. The second-order valence-corrected chi connectivity index (χ2v) is 8.87. The van der Waals surface area contributed by atoms with Gasteiger partial charge >= 0.3 is 0 Å². The van der Waals surface area contributed by atoms with E-state index in [1.54, 1.807) is 12.1 Å². The number of aromatic nitrogens is 1. The van der Waals surface area contributed by atoms with Crippen molar-refractivity contribution in [2.24, 2.45) is 0 Å². The summed E-state index contributed by atoms with van der Waals surface area (Å²) in [5.41, 5.74) is 5.10. The summed E-state index contributed by atoms with van der Waals surface area (Å²) >= 11 is 11.0. The predicted octanol–water partition coefficient (Wildman–Crippen LogP) is 7.53. The highest BCUT2D eigenvalue weighted by Gasteiger charge is 2.10. The number of carbonyl (C=O) groups is 1. The molecule has 1 aromatic heterocycles. The van der Waals surface area contributed by atoms with Crippen molar-refractivity contribution in [1.29, 1.82) is 0 Å². The van der Waals surface area contributed by atoms with Crippen LogP contribution in [0.15, 0.2) is 76.6 Å². The van der Waals surface area contributed by atoms with Crippen LogP contribution in [-0.2, 0) is 0 Å². The van der Waals surface area contributed by atoms with Crippen molar-refractivity contribution in [3.05, 3.63) is 92.7 Å². The van der Waals surface area contributed by atoms with E-state index in [1.165, 1.54) is 11.3 Å². The highest BCUT2D eigenvalue weighted by molar-refractivity contribution is 9.10. The average Bonchev–Trinajstić information content (AvgIpc) is 3.20. The summed E-state index contributed by atoms with van der Waals surface area (Å²) in [7, 11) is 0. The molecule has 4 aromatic rings. The molecule has 0 saturated carbocycles. The monoisotopic (exact) mass is 497 g/mol. The van der Waals surface area contributed by atoms with Gasteiger partial charge in [0.15, 0.2) is 5.13 Å². The van der Waals surface area contributed by atoms with E-state index in [2.05, 4.69) is 31.5 Å². The topological polar surface area (TPSA) is 54.0 Å². The van der Waals surface area contributed by atoms with Crippen LogP contribution in [0.25, 0.3) is 11.3 Å². The van der Waals surface area contributed by atoms with Crippen LogP contribution in [0.4, 0.5) is 16.5 Å². The summed E-state index contributed by atoms with van der Waals surface area (Å²) in [6.07, 6.45) is 0. The fraction of sp³-hybridized carbons (Fsp3) is 0.0435. The lowest BCUT2D eigenvalue weighted by Gasteiger charge is -2.08. The molecule has 0 aliphatic carbocycles. The highest BCUT2D eigenvalue weighted by Crippen LogP contribution is 2.30. The van der Waals surface area contributed by atoms with Crippen LogP contribution < -0.4 is 10.6 Å². The molecule has 150 valence electrons. The quantitative estimate of drug-likeness (QED) is 0.299. The minimum atomic E-state index is -0.156. The first-order chi connectivity index (χ1) is 14.5. The molecular formula is C23H17BrClN3OS. The molecule has 0 spiro atoms. The van der Waals surface area contributed by atoms with Crippen molar-refractivity contribution in [2.45, 2.75) is 6.92 Å². The van der Waals surface area contributed by atoms with Crippen molar-refractivity contribution in [2.75, 3.05) is 10.6 Å². The van der Waals surface area contributed by atoms with Gasteiger partial charge in [-0.1, -0.05) is 45.7 Å². The van der Waals surface area contributed by atoms with Crippen molar-refractivity contribution in [1.82, 2.24) is 4.98 Å². The Balaban J connectivity index is 1.51. The van der Waals surface area contributed by atoms with Crippen LogP contribution in [0.3, 0.4) is 0 Å². The third kappa shape index (κ3) is 4.90. The summed E-state index contributed by atoms with van der Waals surface area (Å²) in [6, 6.07) is 20.6. The lowest BCUT2D eigenvalue weighted by atomic mass is 10.1. The number of nitrogens with zero attached hydrogens (tertiary/aromatic N) is 1. The van der Waals surface area contributed by atoms with Gasteiger partial charge < -0.3 is 10.6 Å². The standard InChI is InChI=1S/C23H17BrClN3OS/c1-14-5-10-18(25)12-20(14)27-23-28-21(13-30-23)16-3-2-4-19(11-16)26-22(29)15-6-8-17(24)9-7-15/h2-13H,1H3,(H,26,29)(H,27,28). The molecule has 0 aliphatic heterocycles. The smallest absolute Gasteiger partial charge is 0.255 e. The second-order valence-electron chi connectivity index (χ2n) is 6.66. The number of hydrogen-bond acceptors (Lipinski definition) is 4. The Labute approximate surface area is 192 Å². The molecular weight excluding hydrogens is 482 g/mol. The Morgan fingerprint density at radius 1 is 1.07 bits per heavy atom. The Morgan fingerprint density at radius 2 is 1.87 bits per heavy atom. The number of carbonyl (C=O) groups excluding carboxylic acids is 1. The maximum Gasteiger partial charge on any atom is 0.255 e. The molecule has 0 saturated heterocycles. The van der Waals surface area contributed by atoms with E-state index in [-0.39, 0.29) is 5.91 Å². The Kier molecular flexibility index (Phi) is 6.18. The Hall–Kier alpha value is -2.67. The molecule has 0 bridgehead atoms. The SMILES string of the molecule is Cc1ccc(Cl)cc1Nc1nc(-c2cccc(NC(=O)c3ccc(Br)cc3)c2)cs1. The molecule has 4 rings (SSSR count). The summed E-state index contributed by atoms with van der Waals surface area (Å²) in [5.74, 6) is -0.156. The zero-order valence-electron chi connectivity index (χ0n) is 15.9. The van der Waals surface area contributed by atoms with E-state index < -0.39 is 0 Å². The molecule has 0 radical (unpaired) electrons. The molecule has 2 N–H and O–H groups in total. The molecule has 0 fully saturated rings. The average molecular weight is 499 g/mol. The van der Waals surface area contributed by atoms with Crippen molar-refractivity contribution in [3.8, 4) is 11.3 Å². The van der Waals surface area contributed by atoms with Crippen molar-refractivity contribution >= 4 is 61.3 Å². The minimum absolute atomic E-state index is 0.156. The third-order valence-corrected chi connectivity index (χ3v) is 5.99. The number of hydrogen-bond donors (Lipinski definition) is 2. The number of rotatable bonds is 5. The lowest BCUT2D eigenvalue weighted by Crippen LogP contribution is -2.11. The number of aryl methyl sites for hydroxylation is 1. The van der Waals surface area contributed by atoms with E-state index in [1.807, 2.05) is 66.9 Å². The summed E-state index contributed by atoms with van der Waals surface area (Å²) in [6.45, 7) is 2.02. The molecule has 0 unspecified atom stereocenters. The normalized spacial score (nSPS) is 10.6. The third-order valence-electron chi connectivity index (χ3n) is 4.47. The molecule has 30 heavy (non-hydrogen) atoms. The fourth-order valence-electron chi connectivity index (χ4n) is 2.87. The molecule has 3 aromatic carbocycles. The number of benzene rings is 3. The summed E-state index contributed by atoms with van der Waals surface area (Å²) in [4.78, 5) is 17.2. The first-order valence-electron chi connectivity index (χ1n) is 9.14. The van der Waals surface area contributed by atoms with E-state index in [0.717, 1.165) is 32.1 Å². The number of amides is 1.